The molecule has 1 heterocycles. The van der Waals surface area contributed by atoms with Gasteiger partial charge in [0.15, 0.2) is 0 Å². The first kappa shape index (κ1) is 14.4. The highest BCUT2D eigenvalue weighted by atomic mass is 35.5. The summed E-state index contributed by atoms with van der Waals surface area (Å²) in [7, 11) is -3.23. The molecule has 19 heavy (non-hydrogen) atoms. The van der Waals surface area contributed by atoms with E-state index in [0.717, 1.165) is 6.26 Å². The van der Waals surface area contributed by atoms with Crippen LogP contribution in [0, 0.1) is 0 Å². The highest BCUT2D eigenvalue weighted by Crippen LogP contribution is 2.28. The standard InChI is InChI=1S/C10H12Cl2N4O2S/c1-19(17,18)14-2-3-16-9-5-7(12)6(11)4-8(9)15-10(16)13/h4-5,14H,2-3H2,1H3,(H2,13,15). The first-order valence-corrected chi connectivity index (χ1v) is 7.98. The highest BCUT2D eigenvalue weighted by Gasteiger charge is 2.11. The Morgan fingerprint density at radius 2 is 2.00 bits per heavy atom. The van der Waals surface area contributed by atoms with Crippen LogP contribution in [0.2, 0.25) is 10.0 Å². The van der Waals surface area contributed by atoms with Crippen molar-refractivity contribution in [3.05, 3.63) is 22.2 Å². The van der Waals surface area contributed by atoms with Gasteiger partial charge in [0, 0.05) is 13.1 Å². The van der Waals surface area contributed by atoms with Gasteiger partial charge in [-0.1, -0.05) is 23.2 Å². The Morgan fingerprint density at radius 1 is 1.37 bits per heavy atom. The molecule has 1 aromatic carbocycles. The monoisotopic (exact) mass is 322 g/mol. The van der Waals surface area contributed by atoms with Crippen LogP contribution in [0.5, 0.6) is 0 Å². The Bertz CT molecular complexity index is 727. The number of nitrogens with zero attached hydrogens (tertiary/aromatic N) is 2. The number of nitrogen functional groups attached to an aromatic ring is 1. The van der Waals surface area contributed by atoms with E-state index >= 15 is 0 Å². The summed E-state index contributed by atoms with van der Waals surface area (Å²) in [5.41, 5.74) is 7.12. The molecule has 9 heteroatoms. The molecule has 0 radical (unpaired) electrons. The van der Waals surface area contributed by atoms with E-state index in [4.69, 9.17) is 28.9 Å². The number of rotatable bonds is 4. The Balaban J connectivity index is 2.32. The lowest BCUT2D eigenvalue weighted by Crippen LogP contribution is -2.26. The van der Waals surface area contributed by atoms with E-state index in [1.165, 1.54) is 0 Å². The second-order valence-corrected chi connectivity index (χ2v) is 6.69. The number of nitrogens with one attached hydrogen (secondary N) is 1. The lowest BCUT2D eigenvalue weighted by Gasteiger charge is -2.07. The number of fused-ring (bicyclic) bond motifs is 1. The van der Waals surface area contributed by atoms with Crippen molar-refractivity contribution in [1.29, 1.82) is 0 Å². The molecule has 0 aliphatic carbocycles. The van der Waals surface area contributed by atoms with Gasteiger partial charge in [-0.25, -0.2) is 18.1 Å². The summed E-state index contributed by atoms with van der Waals surface area (Å²) in [6, 6.07) is 3.28. The molecule has 0 spiro atoms. The van der Waals surface area contributed by atoms with Crippen LogP contribution in [0.15, 0.2) is 12.1 Å². The number of nitrogens with two attached hydrogens (primary N) is 1. The van der Waals surface area contributed by atoms with Crippen molar-refractivity contribution in [3.8, 4) is 0 Å². The molecular formula is C10H12Cl2N4O2S. The summed E-state index contributed by atoms with van der Waals surface area (Å²) in [5.74, 6) is 0.281. The highest BCUT2D eigenvalue weighted by molar-refractivity contribution is 7.88. The van der Waals surface area contributed by atoms with Crippen LogP contribution < -0.4 is 10.5 Å². The van der Waals surface area contributed by atoms with Gasteiger partial charge in [-0.3, -0.25) is 0 Å². The molecule has 3 N–H and O–H groups in total. The van der Waals surface area contributed by atoms with Gasteiger partial charge in [0.05, 0.1) is 27.3 Å². The lowest BCUT2D eigenvalue weighted by atomic mass is 10.3. The van der Waals surface area contributed by atoms with Crippen LogP contribution in [-0.4, -0.2) is 30.8 Å². The minimum Gasteiger partial charge on any atom is -0.369 e. The Morgan fingerprint density at radius 3 is 2.63 bits per heavy atom. The van der Waals surface area contributed by atoms with Gasteiger partial charge in [0.25, 0.3) is 0 Å². The quantitative estimate of drug-likeness (QED) is 0.892. The molecule has 104 valence electrons. The number of aromatic nitrogens is 2. The van der Waals surface area contributed by atoms with Crippen molar-refractivity contribution >= 4 is 50.2 Å². The van der Waals surface area contributed by atoms with Gasteiger partial charge in [0.2, 0.25) is 16.0 Å². The fourth-order valence-electron chi connectivity index (χ4n) is 1.72. The van der Waals surface area contributed by atoms with E-state index in [1.54, 1.807) is 16.7 Å². The normalized spacial score (nSPS) is 12.2. The van der Waals surface area contributed by atoms with Gasteiger partial charge in [-0.2, -0.15) is 0 Å². The van der Waals surface area contributed by atoms with Crippen molar-refractivity contribution in [2.45, 2.75) is 6.54 Å². The van der Waals surface area contributed by atoms with Gasteiger partial charge in [0.1, 0.15) is 0 Å². The third-order valence-corrected chi connectivity index (χ3v) is 3.97. The van der Waals surface area contributed by atoms with Gasteiger partial charge in [-0.05, 0) is 12.1 Å². The molecule has 1 aromatic heterocycles. The summed E-state index contributed by atoms with van der Waals surface area (Å²) < 4.78 is 26.1. The first-order valence-electron chi connectivity index (χ1n) is 5.33. The predicted octanol–water partition coefficient (Wildman–Crippen LogP) is 1.47. The number of halogens is 2. The zero-order chi connectivity index (χ0) is 14.2. The molecule has 0 saturated carbocycles. The second-order valence-electron chi connectivity index (χ2n) is 4.04. The van der Waals surface area contributed by atoms with Crippen LogP contribution in [0.4, 0.5) is 5.95 Å². The smallest absolute Gasteiger partial charge is 0.208 e. The first-order chi connectivity index (χ1) is 8.78. The van der Waals surface area contributed by atoms with Crippen LogP contribution in [0.25, 0.3) is 11.0 Å². The van der Waals surface area contributed by atoms with Crippen LogP contribution in [-0.2, 0) is 16.6 Å². The number of hydrogen-bond donors (Lipinski definition) is 2. The Labute approximate surface area is 120 Å². The molecule has 0 aliphatic rings. The van der Waals surface area contributed by atoms with Crippen LogP contribution in [0.3, 0.4) is 0 Å². The molecule has 0 amide bonds. The average Bonchev–Trinajstić information content (AvgIpc) is 2.55. The zero-order valence-corrected chi connectivity index (χ0v) is 12.3. The van der Waals surface area contributed by atoms with E-state index in [0.29, 0.717) is 27.6 Å². The molecule has 0 aliphatic heterocycles. The van der Waals surface area contributed by atoms with Crippen molar-refractivity contribution in [2.24, 2.45) is 0 Å². The molecule has 2 aromatic rings. The van der Waals surface area contributed by atoms with E-state index < -0.39 is 10.0 Å². The molecule has 6 nitrogen and oxygen atoms in total. The number of anilines is 1. The molecule has 0 fully saturated rings. The molecule has 2 rings (SSSR count). The topological polar surface area (TPSA) is 90.0 Å². The molecule has 0 bridgehead atoms. The number of benzene rings is 1. The third kappa shape index (κ3) is 3.30. The van der Waals surface area contributed by atoms with Crippen LogP contribution in [0.1, 0.15) is 0 Å². The summed E-state index contributed by atoms with van der Waals surface area (Å²) in [6.45, 7) is 0.572. The van der Waals surface area contributed by atoms with Crippen molar-refractivity contribution in [2.75, 3.05) is 18.5 Å². The summed E-state index contributed by atoms with van der Waals surface area (Å²) in [6.07, 6.45) is 1.10. The van der Waals surface area contributed by atoms with Gasteiger partial charge >= 0.3 is 0 Å². The predicted molar refractivity (Wildman–Crippen MR) is 77.0 cm³/mol. The fraction of sp³-hybridized carbons (Fsp3) is 0.300. The maximum Gasteiger partial charge on any atom is 0.208 e. The average molecular weight is 323 g/mol. The molecule has 0 atom stereocenters. The van der Waals surface area contributed by atoms with Crippen molar-refractivity contribution < 1.29 is 8.42 Å². The van der Waals surface area contributed by atoms with E-state index in [2.05, 4.69) is 9.71 Å². The zero-order valence-electron chi connectivity index (χ0n) is 10.0. The summed E-state index contributed by atoms with van der Waals surface area (Å²) in [5, 5.41) is 0.791. The minimum absolute atomic E-state index is 0.217. The molecule has 0 saturated heterocycles. The van der Waals surface area contributed by atoms with Crippen molar-refractivity contribution in [1.82, 2.24) is 14.3 Å². The maximum absolute atomic E-state index is 11.0. The van der Waals surface area contributed by atoms with E-state index in [9.17, 15) is 8.42 Å². The summed E-state index contributed by atoms with van der Waals surface area (Å²) in [4.78, 5) is 4.15. The minimum atomic E-state index is -3.23. The Kier molecular flexibility index (Phi) is 3.91. The molecular weight excluding hydrogens is 311 g/mol. The number of imidazole rings is 1. The van der Waals surface area contributed by atoms with Crippen LogP contribution >= 0.6 is 23.2 Å². The lowest BCUT2D eigenvalue weighted by molar-refractivity contribution is 0.581. The Hall–Kier alpha value is -1.02. The summed E-state index contributed by atoms with van der Waals surface area (Å²) >= 11 is 11.8. The second kappa shape index (κ2) is 5.16. The largest absolute Gasteiger partial charge is 0.369 e. The van der Waals surface area contributed by atoms with E-state index in [-0.39, 0.29) is 12.5 Å². The van der Waals surface area contributed by atoms with Gasteiger partial charge < -0.3 is 10.3 Å². The number of sulfonamides is 1. The third-order valence-electron chi connectivity index (χ3n) is 2.52. The van der Waals surface area contributed by atoms with Crippen molar-refractivity contribution in [3.63, 3.8) is 0 Å². The maximum atomic E-state index is 11.0. The van der Waals surface area contributed by atoms with Gasteiger partial charge in [-0.15, -0.1) is 0 Å². The number of hydrogen-bond acceptors (Lipinski definition) is 4. The SMILES string of the molecule is CS(=O)(=O)NCCn1c(N)nc2cc(Cl)c(Cl)cc21. The molecule has 0 unspecified atom stereocenters. The fourth-order valence-corrected chi connectivity index (χ4v) is 2.49. The van der Waals surface area contributed by atoms with E-state index in [1.807, 2.05) is 0 Å².